The summed E-state index contributed by atoms with van der Waals surface area (Å²) in [7, 11) is 0. The van der Waals surface area contributed by atoms with E-state index in [1.54, 1.807) is 54.6 Å². The Hall–Kier alpha value is -3.71. The van der Waals surface area contributed by atoms with Crippen LogP contribution in [0.25, 0.3) is 0 Å². The fourth-order valence-corrected chi connectivity index (χ4v) is 2.81. The number of halogens is 2. The van der Waals surface area contributed by atoms with E-state index in [9.17, 15) is 14.0 Å². The van der Waals surface area contributed by atoms with Gasteiger partial charge in [0, 0.05) is 28.8 Å². The maximum atomic E-state index is 13.0. The van der Waals surface area contributed by atoms with Crippen LogP contribution in [0.4, 0.5) is 10.1 Å². The summed E-state index contributed by atoms with van der Waals surface area (Å²) in [4.78, 5) is 23.3. The Morgan fingerprint density at radius 3 is 2.45 bits per heavy atom. The monoisotopic (exact) mass is 439 g/mol. The second kappa shape index (κ2) is 10.4. The van der Waals surface area contributed by atoms with Crippen molar-refractivity contribution in [3.05, 3.63) is 94.3 Å². The molecule has 0 saturated heterocycles. The highest BCUT2D eigenvalue weighted by atomic mass is 35.5. The molecule has 2 amide bonds. The zero-order chi connectivity index (χ0) is 22.2. The minimum atomic E-state index is -0.415. The molecule has 0 radical (unpaired) electrons. The van der Waals surface area contributed by atoms with Gasteiger partial charge in [0.15, 0.2) is 0 Å². The van der Waals surface area contributed by atoms with Crippen LogP contribution >= 0.6 is 11.6 Å². The number of hydrogen-bond acceptors (Lipinski definition) is 4. The molecule has 0 unspecified atom stereocenters. The molecule has 3 aromatic carbocycles. The first-order chi connectivity index (χ1) is 14.9. The van der Waals surface area contributed by atoms with Gasteiger partial charge in [0.2, 0.25) is 5.91 Å². The third kappa shape index (κ3) is 6.65. The van der Waals surface area contributed by atoms with Gasteiger partial charge in [0.1, 0.15) is 18.2 Å². The lowest BCUT2D eigenvalue weighted by atomic mass is 10.2. The number of benzene rings is 3. The number of anilines is 1. The maximum absolute atomic E-state index is 13.0. The van der Waals surface area contributed by atoms with Crippen molar-refractivity contribution in [1.82, 2.24) is 5.43 Å². The molecule has 31 heavy (non-hydrogen) atoms. The van der Waals surface area contributed by atoms with E-state index < -0.39 is 5.91 Å². The first-order valence-electron chi connectivity index (χ1n) is 9.28. The molecule has 3 aromatic rings. The first kappa shape index (κ1) is 22.0. The molecule has 2 N–H and O–H groups in total. The number of nitrogens with one attached hydrogen (secondary N) is 2. The summed E-state index contributed by atoms with van der Waals surface area (Å²) in [6.07, 6.45) is 1.43. The molecule has 3 rings (SSSR count). The van der Waals surface area contributed by atoms with Crippen molar-refractivity contribution in [2.45, 2.75) is 13.5 Å². The Labute approximate surface area is 183 Å². The molecule has 0 aliphatic heterocycles. The van der Waals surface area contributed by atoms with E-state index in [1.165, 1.54) is 25.3 Å². The molecule has 0 saturated carbocycles. The minimum absolute atomic E-state index is 0.194. The van der Waals surface area contributed by atoms with Gasteiger partial charge >= 0.3 is 0 Å². The van der Waals surface area contributed by atoms with Crippen molar-refractivity contribution in [2.75, 3.05) is 5.32 Å². The molecular weight excluding hydrogens is 421 g/mol. The molecule has 158 valence electrons. The number of carbonyl (C=O) groups excluding carboxylic acids is 2. The number of carbonyl (C=O) groups is 2. The van der Waals surface area contributed by atoms with Gasteiger partial charge in [-0.25, -0.2) is 9.82 Å². The number of amides is 2. The van der Waals surface area contributed by atoms with Gasteiger partial charge in [-0.2, -0.15) is 5.10 Å². The number of rotatable bonds is 7. The Balaban J connectivity index is 1.64. The van der Waals surface area contributed by atoms with Crippen LogP contribution in [0.3, 0.4) is 0 Å². The Morgan fingerprint density at radius 2 is 1.77 bits per heavy atom. The van der Waals surface area contributed by atoms with Crippen molar-refractivity contribution in [3.63, 3.8) is 0 Å². The third-order valence-corrected chi connectivity index (χ3v) is 4.35. The van der Waals surface area contributed by atoms with Crippen LogP contribution < -0.4 is 15.5 Å². The summed E-state index contributed by atoms with van der Waals surface area (Å²) in [5, 5.41) is 7.08. The molecule has 0 heterocycles. The standard InChI is InChI=1S/C23H19ClFN3O3/c1-15(29)27-21-9-4-17(5-10-21)23(30)28-26-13-18-12-19(24)6-11-22(18)31-14-16-2-7-20(25)8-3-16/h2-13H,14H2,1H3,(H,27,29)(H,28,30)/b26-13-. The van der Waals surface area contributed by atoms with Gasteiger partial charge in [-0.05, 0) is 60.2 Å². The van der Waals surface area contributed by atoms with Gasteiger partial charge in [0.05, 0.1) is 6.21 Å². The second-order valence-electron chi connectivity index (χ2n) is 6.55. The summed E-state index contributed by atoms with van der Waals surface area (Å²) < 4.78 is 18.8. The lowest BCUT2D eigenvalue weighted by Gasteiger charge is -2.10. The predicted molar refractivity (Wildman–Crippen MR) is 118 cm³/mol. The number of nitrogens with zero attached hydrogens (tertiary/aromatic N) is 1. The van der Waals surface area contributed by atoms with Crippen LogP contribution in [0.2, 0.25) is 5.02 Å². The van der Waals surface area contributed by atoms with Crippen molar-refractivity contribution < 1.29 is 18.7 Å². The smallest absolute Gasteiger partial charge is 0.271 e. The Morgan fingerprint density at radius 1 is 1.06 bits per heavy atom. The van der Waals surface area contributed by atoms with E-state index in [0.29, 0.717) is 27.6 Å². The van der Waals surface area contributed by atoms with E-state index in [4.69, 9.17) is 16.3 Å². The lowest BCUT2D eigenvalue weighted by Crippen LogP contribution is -2.17. The molecular formula is C23H19ClFN3O3. The van der Waals surface area contributed by atoms with Crippen LogP contribution in [0.5, 0.6) is 5.75 Å². The maximum Gasteiger partial charge on any atom is 0.271 e. The Kier molecular flexibility index (Phi) is 7.35. The highest BCUT2D eigenvalue weighted by molar-refractivity contribution is 6.30. The van der Waals surface area contributed by atoms with Crippen molar-refractivity contribution in [1.29, 1.82) is 0 Å². The summed E-state index contributed by atoms with van der Waals surface area (Å²) in [5.74, 6) is -0.419. The van der Waals surface area contributed by atoms with E-state index >= 15 is 0 Å². The zero-order valence-electron chi connectivity index (χ0n) is 16.6. The van der Waals surface area contributed by atoms with Gasteiger partial charge in [-0.3, -0.25) is 9.59 Å². The molecule has 0 aliphatic rings. The SMILES string of the molecule is CC(=O)Nc1ccc(C(=O)N/N=C\c2cc(Cl)ccc2OCc2ccc(F)cc2)cc1. The average Bonchev–Trinajstić information content (AvgIpc) is 2.74. The summed E-state index contributed by atoms with van der Waals surface area (Å²) in [6.45, 7) is 1.64. The molecule has 0 spiro atoms. The van der Waals surface area contributed by atoms with E-state index in [2.05, 4.69) is 15.8 Å². The number of hydrogen-bond donors (Lipinski definition) is 2. The predicted octanol–water partition coefficient (Wildman–Crippen LogP) is 4.78. The van der Waals surface area contributed by atoms with Crippen LogP contribution in [0.1, 0.15) is 28.4 Å². The quantitative estimate of drug-likeness (QED) is 0.410. The first-order valence-corrected chi connectivity index (χ1v) is 9.66. The highest BCUT2D eigenvalue weighted by Gasteiger charge is 2.07. The largest absolute Gasteiger partial charge is 0.488 e. The minimum Gasteiger partial charge on any atom is -0.488 e. The summed E-state index contributed by atoms with van der Waals surface area (Å²) >= 11 is 6.06. The Bertz CT molecular complexity index is 1100. The van der Waals surface area contributed by atoms with Crippen molar-refractivity contribution in [3.8, 4) is 5.75 Å². The zero-order valence-corrected chi connectivity index (χ0v) is 17.3. The molecule has 0 aliphatic carbocycles. The normalized spacial score (nSPS) is 10.7. The lowest BCUT2D eigenvalue weighted by molar-refractivity contribution is -0.114. The van der Waals surface area contributed by atoms with E-state index in [-0.39, 0.29) is 18.3 Å². The molecule has 6 nitrogen and oxygen atoms in total. The van der Waals surface area contributed by atoms with Crippen LogP contribution in [0, 0.1) is 5.82 Å². The number of hydrazone groups is 1. The van der Waals surface area contributed by atoms with E-state index in [0.717, 1.165) is 5.56 Å². The molecule has 0 bridgehead atoms. The molecule has 0 aromatic heterocycles. The van der Waals surface area contributed by atoms with Gasteiger partial charge in [-0.1, -0.05) is 23.7 Å². The summed E-state index contributed by atoms with van der Waals surface area (Å²) in [6, 6.07) is 17.4. The summed E-state index contributed by atoms with van der Waals surface area (Å²) in [5.41, 5.74) is 4.78. The van der Waals surface area contributed by atoms with Crippen LogP contribution in [0.15, 0.2) is 71.8 Å². The molecule has 0 atom stereocenters. The van der Waals surface area contributed by atoms with E-state index in [1.807, 2.05) is 0 Å². The van der Waals surface area contributed by atoms with Gasteiger partial charge in [0.25, 0.3) is 5.91 Å². The van der Waals surface area contributed by atoms with Crippen LogP contribution in [-0.2, 0) is 11.4 Å². The fraction of sp³-hybridized carbons (Fsp3) is 0.0870. The molecule has 0 fully saturated rings. The second-order valence-corrected chi connectivity index (χ2v) is 6.99. The van der Waals surface area contributed by atoms with Gasteiger partial charge in [-0.15, -0.1) is 0 Å². The van der Waals surface area contributed by atoms with Gasteiger partial charge < -0.3 is 10.1 Å². The molecule has 8 heteroatoms. The van der Waals surface area contributed by atoms with Crippen molar-refractivity contribution >= 4 is 35.3 Å². The topological polar surface area (TPSA) is 79.8 Å². The van der Waals surface area contributed by atoms with Crippen molar-refractivity contribution in [2.24, 2.45) is 5.10 Å². The number of ether oxygens (including phenoxy) is 1. The fourth-order valence-electron chi connectivity index (χ4n) is 2.63. The highest BCUT2D eigenvalue weighted by Crippen LogP contribution is 2.22. The van der Waals surface area contributed by atoms with Crippen LogP contribution in [-0.4, -0.2) is 18.0 Å². The third-order valence-electron chi connectivity index (χ3n) is 4.12. The average molecular weight is 440 g/mol.